The molecular formula is C17H27N5O. The minimum atomic E-state index is -0.0400. The van der Waals surface area contributed by atoms with E-state index in [0.29, 0.717) is 11.6 Å². The smallest absolute Gasteiger partial charge is 0.254 e. The van der Waals surface area contributed by atoms with Crippen LogP contribution in [0.2, 0.25) is 0 Å². The maximum atomic E-state index is 12.3. The molecule has 0 atom stereocenters. The molecule has 126 valence electrons. The second-order valence-electron chi connectivity index (χ2n) is 6.72. The van der Waals surface area contributed by atoms with E-state index < -0.39 is 0 Å². The fraction of sp³-hybridized carbons (Fsp3) is 0.706. The summed E-state index contributed by atoms with van der Waals surface area (Å²) in [6, 6.07) is 0.308. The molecule has 1 aromatic heterocycles. The Morgan fingerprint density at radius 3 is 2.26 bits per heavy atom. The third kappa shape index (κ3) is 4.41. The number of hydrogen-bond donors (Lipinski definition) is 1. The van der Waals surface area contributed by atoms with Crippen LogP contribution in [0.25, 0.3) is 0 Å². The summed E-state index contributed by atoms with van der Waals surface area (Å²) in [6.07, 6.45) is 10.5. The van der Waals surface area contributed by atoms with Gasteiger partial charge in [-0.15, -0.1) is 0 Å². The number of rotatable bonds is 3. The molecule has 2 heterocycles. The zero-order valence-electron chi connectivity index (χ0n) is 14.0. The summed E-state index contributed by atoms with van der Waals surface area (Å²) in [4.78, 5) is 25.6. The van der Waals surface area contributed by atoms with Gasteiger partial charge in [0.2, 0.25) is 5.95 Å². The minimum absolute atomic E-state index is 0.0400. The summed E-state index contributed by atoms with van der Waals surface area (Å²) in [5.74, 6) is 0.686. The van der Waals surface area contributed by atoms with Crippen LogP contribution in [-0.2, 0) is 0 Å². The Hall–Kier alpha value is -1.69. The summed E-state index contributed by atoms with van der Waals surface area (Å²) >= 11 is 0. The van der Waals surface area contributed by atoms with E-state index in [1.165, 1.54) is 25.7 Å². The van der Waals surface area contributed by atoms with E-state index >= 15 is 0 Å². The Morgan fingerprint density at radius 2 is 1.65 bits per heavy atom. The number of hydrogen-bond acceptors (Lipinski definition) is 5. The van der Waals surface area contributed by atoms with Gasteiger partial charge in [0.05, 0.1) is 5.56 Å². The van der Waals surface area contributed by atoms with Crippen molar-refractivity contribution in [2.24, 2.45) is 0 Å². The monoisotopic (exact) mass is 317 g/mol. The number of piperazine rings is 1. The predicted octanol–water partition coefficient (Wildman–Crippen LogP) is 1.68. The quantitative estimate of drug-likeness (QED) is 0.860. The van der Waals surface area contributed by atoms with Crippen molar-refractivity contribution in [1.29, 1.82) is 0 Å². The van der Waals surface area contributed by atoms with Gasteiger partial charge in [0.15, 0.2) is 0 Å². The van der Waals surface area contributed by atoms with E-state index in [1.54, 1.807) is 12.4 Å². The van der Waals surface area contributed by atoms with Crippen LogP contribution in [0.1, 0.15) is 48.9 Å². The molecule has 2 fully saturated rings. The first-order valence-electron chi connectivity index (χ1n) is 8.79. The van der Waals surface area contributed by atoms with Gasteiger partial charge >= 0.3 is 0 Å². The van der Waals surface area contributed by atoms with Gasteiger partial charge in [-0.05, 0) is 19.9 Å². The number of likely N-dealkylation sites (N-methyl/N-ethyl adjacent to an activating group) is 1. The van der Waals surface area contributed by atoms with E-state index in [0.717, 1.165) is 45.0 Å². The molecule has 6 heteroatoms. The molecule has 23 heavy (non-hydrogen) atoms. The van der Waals surface area contributed by atoms with Gasteiger partial charge in [0.25, 0.3) is 5.91 Å². The molecule has 0 bridgehead atoms. The number of carbonyl (C=O) groups is 1. The highest BCUT2D eigenvalue weighted by atomic mass is 16.1. The van der Waals surface area contributed by atoms with Crippen LogP contribution in [0.5, 0.6) is 0 Å². The van der Waals surface area contributed by atoms with Gasteiger partial charge < -0.3 is 15.1 Å². The molecule has 0 radical (unpaired) electrons. The molecule has 1 aliphatic carbocycles. The molecule has 1 amide bonds. The van der Waals surface area contributed by atoms with Crippen LogP contribution in [0.4, 0.5) is 5.95 Å². The van der Waals surface area contributed by atoms with E-state index in [-0.39, 0.29) is 5.91 Å². The van der Waals surface area contributed by atoms with Crippen molar-refractivity contribution >= 4 is 11.9 Å². The van der Waals surface area contributed by atoms with E-state index in [9.17, 15) is 4.79 Å². The standard InChI is InChI=1S/C17H27N5O/c1-21-8-10-22(11-9-21)17-18-12-14(13-19-17)16(23)20-15-6-4-2-3-5-7-15/h12-13,15H,2-11H2,1H3,(H,20,23). The van der Waals surface area contributed by atoms with Gasteiger partial charge in [-0.2, -0.15) is 0 Å². The predicted molar refractivity (Wildman–Crippen MR) is 90.7 cm³/mol. The molecular weight excluding hydrogens is 290 g/mol. The first-order chi connectivity index (χ1) is 11.2. The topological polar surface area (TPSA) is 61.4 Å². The highest BCUT2D eigenvalue weighted by Crippen LogP contribution is 2.17. The third-order valence-electron chi connectivity index (χ3n) is 4.88. The van der Waals surface area contributed by atoms with Crippen LogP contribution < -0.4 is 10.2 Å². The Kier molecular flexibility index (Phi) is 5.43. The normalized spacial score (nSPS) is 21.0. The fourth-order valence-corrected chi connectivity index (χ4v) is 3.30. The number of nitrogens with zero attached hydrogens (tertiary/aromatic N) is 4. The Labute approximate surface area is 138 Å². The largest absolute Gasteiger partial charge is 0.349 e. The number of carbonyl (C=O) groups excluding carboxylic acids is 1. The lowest BCUT2D eigenvalue weighted by Gasteiger charge is -2.32. The van der Waals surface area contributed by atoms with Crippen LogP contribution in [0.15, 0.2) is 12.4 Å². The first kappa shape index (κ1) is 16.2. The van der Waals surface area contributed by atoms with Crippen LogP contribution in [0, 0.1) is 0 Å². The lowest BCUT2D eigenvalue weighted by molar-refractivity contribution is 0.0932. The van der Waals surface area contributed by atoms with E-state index in [2.05, 4.69) is 32.1 Å². The number of nitrogens with one attached hydrogen (secondary N) is 1. The van der Waals surface area contributed by atoms with Gasteiger partial charge in [-0.3, -0.25) is 4.79 Å². The highest BCUT2D eigenvalue weighted by Gasteiger charge is 2.18. The molecule has 1 aliphatic heterocycles. The first-order valence-corrected chi connectivity index (χ1v) is 8.79. The molecule has 3 rings (SSSR count). The Balaban J connectivity index is 1.56. The van der Waals surface area contributed by atoms with Crippen molar-refractivity contribution in [3.8, 4) is 0 Å². The maximum absolute atomic E-state index is 12.3. The number of amides is 1. The van der Waals surface area contributed by atoms with Gasteiger partial charge in [0, 0.05) is 44.6 Å². The molecule has 1 saturated carbocycles. The molecule has 0 unspecified atom stereocenters. The lowest BCUT2D eigenvalue weighted by Crippen LogP contribution is -2.45. The lowest BCUT2D eigenvalue weighted by atomic mass is 10.1. The van der Waals surface area contributed by atoms with Gasteiger partial charge in [-0.25, -0.2) is 9.97 Å². The van der Waals surface area contributed by atoms with Crippen LogP contribution in [-0.4, -0.2) is 60.0 Å². The minimum Gasteiger partial charge on any atom is -0.349 e. The SMILES string of the molecule is CN1CCN(c2ncc(C(=O)NC3CCCCCC3)cn2)CC1. The molecule has 0 spiro atoms. The maximum Gasteiger partial charge on any atom is 0.254 e. The molecule has 1 aromatic rings. The number of anilines is 1. The molecule has 1 N–H and O–H groups in total. The van der Waals surface area contributed by atoms with Crippen molar-refractivity contribution in [2.45, 2.75) is 44.6 Å². The fourth-order valence-electron chi connectivity index (χ4n) is 3.30. The Morgan fingerprint density at radius 1 is 1.04 bits per heavy atom. The second kappa shape index (κ2) is 7.73. The molecule has 2 aliphatic rings. The van der Waals surface area contributed by atoms with Gasteiger partial charge in [-0.1, -0.05) is 25.7 Å². The van der Waals surface area contributed by atoms with Crippen molar-refractivity contribution in [3.05, 3.63) is 18.0 Å². The van der Waals surface area contributed by atoms with Gasteiger partial charge in [0.1, 0.15) is 0 Å². The summed E-state index contributed by atoms with van der Waals surface area (Å²) in [6.45, 7) is 3.91. The van der Waals surface area contributed by atoms with E-state index in [4.69, 9.17) is 0 Å². The van der Waals surface area contributed by atoms with E-state index in [1.807, 2.05) is 0 Å². The third-order valence-corrected chi connectivity index (χ3v) is 4.88. The summed E-state index contributed by atoms with van der Waals surface area (Å²) in [5, 5.41) is 3.14. The number of aromatic nitrogens is 2. The second-order valence-corrected chi connectivity index (χ2v) is 6.72. The summed E-state index contributed by atoms with van der Waals surface area (Å²) in [5.41, 5.74) is 0.562. The van der Waals surface area contributed by atoms with Crippen molar-refractivity contribution in [3.63, 3.8) is 0 Å². The van der Waals surface area contributed by atoms with Crippen molar-refractivity contribution in [1.82, 2.24) is 20.2 Å². The molecule has 6 nitrogen and oxygen atoms in total. The Bertz CT molecular complexity index is 502. The zero-order chi connectivity index (χ0) is 16.1. The average Bonchev–Trinajstić information content (AvgIpc) is 2.84. The zero-order valence-corrected chi connectivity index (χ0v) is 14.0. The summed E-state index contributed by atoms with van der Waals surface area (Å²) in [7, 11) is 2.12. The highest BCUT2D eigenvalue weighted by molar-refractivity contribution is 5.93. The summed E-state index contributed by atoms with van der Waals surface area (Å²) < 4.78 is 0. The van der Waals surface area contributed by atoms with Crippen LogP contribution in [0.3, 0.4) is 0 Å². The van der Waals surface area contributed by atoms with Crippen molar-refractivity contribution in [2.75, 3.05) is 38.1 Å². The van der Waals surface area contributed by atoms with Crippen LogP contribution >= 0.6 is 0 Å². The van der Waals surface area contributed by atoms with Crippen molar-refractivity contribution < 1.29 is 4.79 Å². The molecule has 0 aromatic carbocycles. The average molecular weight is 317 g/mol. The molecule has 1 saturated heterocycles.